The number of esters is 4. The summed E-state index contributed by atoms with van der Waals surface area (Å²) in [5.41, 5.74) is 22.0. The Morgan fingerprint density at radius 1 is 0.733 bits per heavy atom. The lowest BCUT2D eigenvalue weighted by atomic mass is 10.1. The molecule has 0 aliphatic heterocycles. The molecule has 8 N–H and O–H groups in total. The standard InChI is InChI=1S/C20H30N4O6/c21-10-3-1-8-15(23)19(27)29-17(25)13-6-5-7-14(12-13)18(26)30-20(28)16(24)9-2-4-11-22/h5-7,12,15-16H,1-4,8-11,21-24H2/t15-,16-/m0/s1. The third-order valence-electron chi connectivity index (χ3n) is 4.26. The van der Waals surface area contributed by atoms with Crippen LogP contribution in [0.25, 0.3) is 0 Å². The normalized spacial score (nSPS) is 12.7. The second-order valence-electron chi connectivity index (χ2n) is 6.78. The molecule has 0 saturated carbocycles. The van der Waals surface area contributed by atoms with Gasteiger partial charge in [-0.05, 0) is 57.0 Å². The zero-order chi connectivity index (χ0) is 22.5. The number of nitrogens with two attached hydrogens (primary N) is 4. The number of rotatable bonds is 12. The van der Waals surface area contributed by atoms with Gasteiger partial charge in [-0.3, -0.25) is 0 Å². The Labute approximate surface area is 175 Å². The van der Waals surface area contributed by atoms with Crippen LogP contribution in [0, 0.1) is 0 Å². The average Bonchev–Trinajstić information content (AvgIpc) is 2.73. The molecule has 0 aliphatic carbocycles. The highest BCUT2D eigenvalue weighted by Crippen LogP contribution is 2.11. The zero-order valence-electron chi connectivity index (χ0n) is 16.9. The molecule has 0 unspecified atom stereocenters. The Balaban J connectivity index is 2.66. The van der Waals surface area contributed by atoms with E-state index < -0.39 is 36.0 Å². The van der Waals surface area contributed by atoms with E-state index in [-0.39, 0.29) is 11.1 Å². The summed E-state index contributed by atoms with van der Waals surface area (Å²) in [7, 11) is 0. The number of ether oxygens (including phenoxy) is 2. The van der Waals surface area contributed by atoms with Crippen LogP contribution < -0.4 is 22.9 Å². The van der Waals surface area contributed by atoms with Crippen molar-refractivity contribution in [1.29, 1.82) is 0 Å². The maximum absolute atomic E-state index is 12.2. The summed E-state index contributed by atoms with van der Waals surface area (Å²) >= 11 is 0. The fraction of sp³-hybridized carbons (Fsp3) is 0.500. The first-order valence-electron chi connectivity index (χ1n) is 9.83. The average molecular weight is 422 g/mol. The van der Waals surface area contributed by atoms with Gasteiger partial charge >= 0.3 is 23.9 Å². The Kier molecular flexibility index (Phi) is 11.5. The fourth-order valence-electron chi connectivity index (χ4n) is 2.48. The molecule has 0 saturated heterocycles. The van der Waals surface area contributed by atoms with E-state index in [1.807, 2.05) is 0 Å². The summed E-state index contributed by atoms with van der Waals surface area (Å²) < 4.78 is 9.51. The van der Waals surface area contributed by atoms with E-state index in [0.717, 1.165) is 6.07 Å². The molecule has 1 rings (SSSR count). The van der Waals surface area contributed by atoms with E-state index in [0.29, 0.717) is 51.6 Å². The van der Waals surface area contributed by atoms with Crippen LogP contribution in [0.3, 0.4) is 0 Å². The van der Waals surface area contributed by atoms with Gasteiger partial charge in [0.1, 0.15) is 12.1 Å². The number of unbranched alkanes of at least 4 members (excludes halogenated alkanes) is 2. The number of benzene rings is 1. The number of hydrogen-bond acceptors (Lipinski definition) is 10. The van der Waals surface area contributed by atoms with Crippen molar-refractivity contribution in [3.63, 3.8) is 0 Å². The molecule has 0 spiro atoms. The molecule has 0 heterocycles. The van der Waals surface area contributed by atoms with Crippen LogP contribution in [0.5, 0.6) is 0 Å². The van der Waals surface area contributed by atoms with Crippen molar-refractivity contribution >= 4 is 23.9 Å². The lowest BCUT2D eigenvalue weighted by molar-refractivity contribution is -0.140. The van der Waals surface area contributed by atoms with Gasteiger partial charge in [0.25, 0.3) is 0 Å². The van der Waals surface area contributed by atoms with Gasteiger partial charge in [0.2, 0.25) is 0 Å². The van der Waals surface area contributed by atoms with Crippen LogP contribution in [0.4, 0.5) is 0 Å². The van der Waals surface area contributed by atoms with E-state index in [2.05, 4.69) is 0 Å². The molecule has 0 fully saturated rings. The minimum Gasteiger partial charge on any atom is -0.388 e. The second-order valence-corrected chi connectivity index (χ2v) is 6.78. The van der Waals surface area contributed by atoms with Crippen molar-refractivity contribution in [3.05, 3.63) is 35.4 Å². The Bertz CT molecular complexity index is 683. The maximum Gasteiger partial charge on any atom is 0.345 e. The van der Waals surface area contributed by atoms with Crippen molar-refractivity contribution in [3.8, 4) is 0 Å². The predicted molar refractivity (Wildman–Crippen MR) is 109 cm³/mol. The minimum atomic E-state index is -0.964. The van der Waals surface area contributed by atoms with Gasteiger partial charge in [-0.2, -0.15) is 0 Å². The second kappa shape index (κ2) is 13.5. The molecule has 1 aromatic rings. The number of hydrogen-bond donors (Lipinski definition) is 4. The van der Waals surface area contributed by atoms with Gasteiger partial charge in [0.05, 0.1) is 11.1 Å². The van der Waals surface area contributed by atoms with Crippen LogP contribution in [0.2, 0.25) is 0 Å². The van der Waals surface area contributed by atoms with Gasteiger partial charge in [-0.1, -0.05) is 18.9 Å². The highest BCUT2D eigenvalue weighted by Gasteiger charge is 2.22. The van der Waals surface area contributed by atoms with Crippen molar-refractivity contribution in [2.75, 3.05) is 13.1 Å². The summed E-state index contributed by atoms with van der Waals surface area (Å²) in [5, 5.41) is 0. The lowest BCUT2D eigenvalue weighted by Gasteiger charge is -2.11. The van der Waals surface area contributed by atoms with E-state index in [1.165, 1.54) is 18.2 Å². The summed E-state index contributed by atoms with van der Waals surface area (Å²) in [6.45, 7) is 0.954. The van der Waals surface area contributed by atoms with Crippen LogP contribution in [-0.2, 0) is 19.1 Å². The first-order chi connectivity index (χ1) is 14.3. The van der Waals surface area contributed by atoms with Gasteiger partial charge in [-0.25, -0.2) is 19.2 Å². The first kappa shape index (κ1) is 25.4. The molecular formula is C20H30N4O6. The molecule has 10 nitrogen and oxygen atoms in total. The van der Waals surface area contributed by atoms with Crippen LogP contribution in [0.15, 0.2) is 24.3 Å². The Morgan fingerprint density at radius 3 is 1.50 bits per heavy atom. The summed E-state index contributed by atoms with van der Waals surface area (Å²) in [5.74, 6) is -3.67. The van der Waals surface area contributed by atoms with Gasteiger partial charge < -0.3 is 32.4 Å². The Morgan fingerprint density at radius 2 is 1.13 bits per heavy atom. The summed E-state index contributed by atoms with van der Waals surface area (Å²) in [4.78, 5) is 48.2. The van der Waals surface area contributed by atoms with Crippen molar-refractivity contribution in [1.82, 2.24) is 0 Å². The van der Waals surface area contributed by atoms with Gasteiger partial charge in [0.15, 0.2) is 0 Å². The molecule has 0 radical (unpaired) electrons. The van der Waals surface area contributed by atoms with Crippen molar-refractivity contribution in [2.24, 2.45) is 22.9 Å². The summed E-state index contributed by atoms with van der Waals surface area (Å²) in [6.07, 6.45) is 3.34. The Hall–Kier alpha value is -2.66. The molecule has 0 aromatic heterocycles. The molecule has 10 heteroatoms. The number of carbonyl (C=O) groups excluding carboxylic acids is 4. The molecule has 0 aliphatic rings. The van der Waals surface area contributed by atoms with Gasteiger partial charge in [0, 0.05) is 0 Å². The molecule has 166 valence electrons. The summed E-state index contributed by atoms with van der Waals surface area (Å²) in [6, 6.07) is 3.36. The van der Waals surface area contributed by atoms with E-state index in [4.69, 9.17) is 32.4 Å². The van der Waals surface area contributed by atoms with E-state index in [9.17, 15) is 19.2 Å². The fourth-order valence-corrected chi connectivity index (χ4v) is 2.48. The largest absolute Gasteiger partial charge is 0.388 e. The predicted octanol–water partition coefficient (Wildman–Crippen LogP) is -0.0340. The van der Waals surface area contributed by atoms with Crippen LogP contribution >= 0.6 is 0 Å². The molecule has 0 bridgehead atoms. The smallest absolute Gasteiger partial charge is 0.345 e. The highest BCUT2D eigenvalue weighted by molar-refractivity contribution is 6.02. The maximum atomic E-state index is 12.2. The third kappa shape index (κ3) is 8.78. The van der Waals surface area contributed by atoms with Gasteiger partial charge in [-0.15, -0.1) is 0 Å². The van der Waals surface area contributed by atoms with Crippen LogP contribution in [-0.4, -0.2) is 49.1 Å². The first-order valence-corrected chi connectivity index (χ1v) is 9.83. The minimum absolute atomic E-state index is 0.0633. The SMILES string of the molecule is NCCCC[C@H](N)C(=O)OC(=O)c1cccc(C(=O)OC(=O)[C@@H](N)CCCCN)c1. The van der Waals surface area contributed by atoms with E-state index >= 15 is 0 Å². The third-order valence-corrected chi connectivity index (χ3v) is 4.26. The molecule has 30 heavy (non-hydrogen) atoms. The van der Waals surface area contributed by atoms with E-state index in [1.54, 1.807) is 0 Å². The monoisotopic (exact) mass is 422 g/mol. The lowest BCUT2D eigenvalue weighted by Crippen LogP contribution is -2.34. The molecular weight excluding hydrogens is 392 g/mol. The van der Waals surface area contributed by atoms with Crippen molar-refractivity contribution in [2.45, 2.75) is 50.6 Å². The topological polar surface area (TPSA) is 191 Å². The quantitative estimate of drug-likeness (QED) is 0.202. The van der Waals surface area contributed by atoms with Crippen molar-refractivity contribution < 1.29 is 28.7 Å². The number of carbonyl (C=O) groups is 4. The van der Waals surface area contributed by atoms with Crippen LogP contribution in [0.1, 0.15) is 59.2 Å². The highest BCUT2D eigenvalue weighted by atomic mass is 16.6. The zero-order valence-corrected chi connectivity index (χ0v) is 16.9. The molecule has 2 atom stereocenters. The molecule has 1 aromatic carbocycles. The molecule has 0 amide bonds.